The van der Waals surface area contributed by atoms with Crippen LogP contribution >= 0.6 is 0 Å². The van der Waals surface area contributed by atoms with Gasteiger partial charge in [0.05, 0.1) is 0 Å². The zero-order chi connectivity index (χ0) is 20.7. The van der Waals surface area contributed by atoms with Gasteiger partial charge in [0.1, 0.15) is 5.66 Å². The molecule has 1 atom stereocenters. The molecule has 0 radical (unpaired) electrons. The summed E-state index contributed by atoms with van der Waals surface area (Å²) < 4.78 is 0. The Morgan fingerprint density at radius 3 is 2.31 bits per heavy atom. The van der Waals surface area contributed by atoms with Crippen LogP contribution in [0.25, 0.3) is 0 Å². The summed E-state index contributed by atoms with van der Waals surface area (Å²) in [6.45, 7) is 4.03. The maximum atomic E-state index is 12.6. The zero-order valence-electron chi connectivity index (χ0n) is 17.4. The van der Waals surface area contributed by atoms with Crippen LogP contribution in [0.15, 0.2) is 84.7 Å². The average molecular weight is 391 g/mol. The minimum atomic E-state index is -0.457. The lowest BCUT2D eigenvalue weighted by Gasteiger charge is -2.43. The van der Waals surface area contributed by atoms with Crippen molar-refractivity contribution in [2.24, 2.45) is 0 Å². The van der Waals surface area contributed by atoms with Crippen LogP contribution in [0.2, 0.25) is 0 Å². The fraction of sp³-hybridized carbons (Fsp3) is 0.292. The minimum absolute atomic E-state index is 0.107. The Labute approximate surface area is 173 Å². The van der Waals surface area contributed by atoms with Crippen LogP contribution in [-0.2, 0) is 0 Å². The van der Waals surface area contributed by atoms with Gasteiger partial charge in [-0.3, -0.25) is 4.79 Å². The first kappa shape index (κ1) is 20.7. The summed E-state index contributed by atoms with van der Waals surface area (Å²) in [7, 11) is 4.18. The van der Waals surface area contributed by atoms with Gasteiger partial charge in [-0.2, -0.15) is 0 Å². The van der Waals surface area contributed by atoms with Crippen molar-refractivity contribution < 1.29 is 4.79 Å². The lowest BCUT2D eigenvalue weighted by Crippen LogP contribution is -2.56. The first-order valence-electron chi connectivity index (χ1n) is 9.99. The van der Waals surface area contributed by atoms with E-state index in [-0.39, 0.29) is 5.91 Å². The van der Waals surface area contributed by atoms with E-state index in [2.05, 4.69) is 71.8 Å². The Morgan fingerprint density at radius 1 is 1.00 bits per heavy atom. The number of hydrogen-bond donors (Lipinski definition) is 2. The van der Waals surface area contributed by atoms with Gasteiger partial charge in [-0.25, -0.2) is 0 Å². The van der Waals surface area contributed by atoms with E-state index in [0.29, 0.717) is 5.56 Å². The zero-order valence-corrected chi connectivity index (χ0v) is 17.4. The van der Waals surface area contributed by atoms with Crippen molar-refractivity contribution in [1.29, 1.82) is 0 Å². The molecule has 5 heteroatoms. The third-order valence-electron chi connectivity index (χ3n) is 4.98. The lowest BCUT2D eigenvalue weighted by atomic mass is 10.0. The van der Waals surface area contributed by atoms with Gasteiger partial charge >= 0.3 is 0 Å². The Morgan fingerprint density at radius 2 is 1.66 bits per heavy atom. The Balaban J connectivity index is 1.82. The highest BCUT2D eigenvalue weighted by Crippen LogP contribution is 2.26. The van der Waals surface area contributed by atoms with E-state index in [1.54, 1.807) is 0 Å². The van der Waals surface area contributed by atoms with Crippen molar-refractivity contribution in [1.82, 2.24) is 15.5 Å². The van der Waals surface area contributed by atoms with Crippen molar-refractivity contribution in [2.75, 3.05) is 32.1 Å². The quantitative estimate of drug-likeness (QED) is 0.723. The molecule has 29 heavy (non-hydrogen) atoms. The monoisotopic (exact) mass is 390 g/mol. The second-order valence-corrected chi connectivity index (χ2v) is 7.69. The molecule has 0 spiro atoms. The van der Waals surface area contributed by atoms with Gasteiger partial charge in [0, 0.05) is 29.7 Å². The number of para-hydroxylation sites is 1. The first-order valence-corrected chi connectivity index (χ1v) is 9.99. The molecule has 1 amide bonds. The van der Waals surface area contributed by atoms with Crippen LogP contribution in [0.5, 0.6) is 0 Å². The molecular weight excluding hydrogens is 360 g/mol. The van der Waals surface area contributed by atoms with Gasteiger partial charge in [-0.1, -0.05) is 36.4 Å². The maximum absolute atomic E-state index is 12.6. The molecule has 3 rings (SSSR count). The van der Waals surface area contributed by atoms with E-state index in [0.717, 1.165) is 30.9 Å². The molecule has 1 aliphatic heterocycles. The van der Waals surface area contributed by atoms with Crippen LogP contribution in [0.4, 0.5) is 5.69 Å². The van der Waals surface area contributed by atoms with E-state index >= 15 is 0 Å². The number of rotatable bonds is 8. The molecule has 1 unspecified atom stereocenters. The molecule has 0 saturated carbocycles. The van der Waals surface area contributed by atoms with E-state index in [9.17, 15) is 4.79 Å². The van der Waals surface area contributed by atoms with Crippen molar-refractivity contribution in [3.63, 3.8) is 0 Å². The second kappa shape index (κ2) is 9.43. The van der Waals surface area contributed by atoms with Crippen LogP contribution in [0.1, 0.15) is 23.7 Å². The third kappa shape index (κ3) is 5.48. The molecule has 0 saturated heterocycles. The first-order chi connectivity index (χ1) is 14.0. The molecule has 152 valence electrons. The number of anilines is 1. The number of hydrogen-bond acceptors (Lipinski definition) is 4. The highest BCUT2D eigenvalue weighted by Gasteiger charge is 2.31. The third-order valence-corrected chi connectivity index (χ3v) is 4.98. The number of nitrogens with zero attached hydrogens (tertiary/aromatic N) is 2. The number of dihydropyridines is 1. The fourth-order valence-corrected chi connectivity index (χ4v) is 3.50. The van der Waals surface area contributed by atoms with Gasteiger partial charge in [-0.05, 0) is 70.4 Å². The summed E-state index contributed by atoms with van der Waals surface area (Å²) in [5.74, 6) is -0.107. The fourth-order valence-electron chi connectivity index (χ4n) is 3.50. The van der Waals surface area contributed by atoms with Crippen LogP contribution in [0, 0.1) is 0 Å². The molecular formula is C24H30N4O. The summed E-state index contributed by atoms with van der Waals surface area (Å²) in [5, 5.41) is 6.51. The SMILES string of the molecule is CN(C)CCCN(c1ccccc1)C1(C)C=C(NC(=O)c2ccccc2)C=CN1. The summed E-state index contributed by atoms with van der Waals surface area (Å²) in [5.41, 5.74) is 2.12. The van der Waals surface area contributed by atoms with Crippen molar-refractivity contribution in [3.05, 3.63) is 90.3 Å². The van der Waals surface area contributed by atoms with E-state index in [1.165, 1.54) is 0 Å². The number of nitrogens with one attached hydrogen (secondary N) is 2. The van der Waals surface area contributed by atoms with Gasteiger partial charge in [-0.15, -0.1) is 0 Å². The summed E-state index contributed by atoms with van der Waals surface area (Å²) in [6.07, 6.45) is 6.91. The van der Waals surface area contributed by atoms with Gasteiger partial charge in [0.15, 0.2) is 0 Å². The Hall–Kier alpha value is -3.05. The number of benzene rings is 2. The van der Waals surface area contributed by atoms with Gasteiger partial charge in [0.2, 0.25) is 0 Å². The predicted octanol–water partition coefficient (Wildman–Crippen LogP) is 3.59. The normalized spacial score (nSPS) is 18.1. The highest BCUT2D eigenvalue weighted by atomic mass is 16.1. The molecule has 1 aliphatic rings. The van der Waals surface area contributed by atoms with E-state index in [1.807, 2.05) is 48.7 Å². The Bertz CT molecular complexity index is 861. The van der Waals surface area contributed by atoms with Crippen LogP contribution < -0.4 is 15.5 Å². The molecule has 0 fully saturated rings. The van der Waals surface area contributed by atoms with Crippen molar-refractivity contribution in [3.8, 4) is 0 Å². The molecule has 2 aromatic carbocycles. The summed E-state index contributed by atoms with van der Waals surface area (Å²) in [4.78, 5) is 17.1. The van der Waals surface area contributed by atoms with E-state index in [4.69, 9.17) is 0 Å². The smallest absolute Gasteiger partial charge is 0.255 e. The Kier molecular flexibility index (Phi) is 6.73. The van der Waals surface area contributed by atoms with Gasteiger partial charge in [0.25, 0.3) is 5.91 Å². The van der Waals surface area contributed by atoms with Gasteiger partial charge < -0.3 is 20.4 Å². The molecule has 0 bridgehead atoms. The topological polar surface area (TPSA) is 47.6 Å². The van der Waals surface area contributed by atoms with Crippen molar-refractivity contribution in [2.45, 2.75) is 19.0 Å². The van der Waals surface area contributed by atoms with Crippen LogP contribution in [-0.4, -0.2) is 43.7 Å². The maximum Gasteiger partial charge on any atom is 0.255 e. The summed E-state index contributed by atoms with van der Waals surface area (Å²) in [6, 6.07) is 19.7. The largest absolute Gasteiger partial charge is 0.366 e. The molecule has 2 N–H and O–H groups in total. The van der Waals surface area contributed by atoms with Crippen molar-refractivity contribution >= 4 is 11.6 Å². The lowest BCUT2D eigenvalue weighted by molar-refractivity contribution is 0.0966. The molecule has 1 heterocycles. The second-order valence-electron chi connectivity index (χ2n) is 7.69. The standard InChI is InChI=1S/C24H30N4O/c1-24(28(18-10-17-27(2)3)22-13-8-5-9-14-22)19-21(15-16-25-24)26-23(29)20-11-6-4-7-12-20/h4-9,11-16,19,25H,10,17-18H2,1-3H3,(H,26,29). The molecule has 0 aromatic heterocycles. The highest BCUT2D eigenvalue weighted by molar-refractivity contribution is 5.95. The number of allylic oxidation sites excluding steroid dienone is 1. The number of amides is 1. The molecule has 5 nitrogen and oxygen atoms in total. The number of carbonyl (C=O) groups is 1. The minimum Gasteiger partial charge on any atom is -0.366 e. The predicted molar refractivity (Wildman–Crippen MR) is 120 cm³/mol. The molecule has 2 aromatic rings. The average Bonchev–Trinajstić information content (AvgIpc) is 2.72. The van der Waals surface area contributed by atoms with E-state index < -0.39 is 5.66 Å². The summed E-state index contributed by atoms with van der Waals surface area (Å²) >= 11 is 0. The number of carbonyl (C=O) groups excluding carboxylic acids is 1. The molecule has 0 aliphatic carbocycles. The van der Waals surface area contributed by atoms with Crippen LogP contribution in [0.3, 0.4) is 0 Å².